The third-order valence-electron chi connectivity index (χ3n) is 8.73. The quantitative estimate of drug-likeness (QED) is 0.578. The molecule has 10 heteroatoms. The molecular weight excluding hydrogens is 481 g/mol. The Morgan fingerprint density at radius 1 is 1.09 bits per heavy atom. The monoisotopic (exact) mass is 526 g/mol. The van der Waals surface area contributed by atoms with Crippen LogP contribution in [0.25, 0.3) is 0 Å². The molecule has 0 radical (unpaired) electrons. The maximum Gasteiger partial charge on any atom is 0.330 e. The summed E-state index contributed by atoms with van der Waals surface area (Å²) in [5.41, 5.74) is -1.50. The molecule has 0 unspecified atom stereocenters. The first kappa shape index (κ1) is 27.8. The van der Waals surface area contributed by atoms with Gasteiger partial charge in [-0.25, -0.2) is 4.79 Å². The summed E-state index contributed by atoms with van der Waals surface area (Å²) in [6.07, 6.45) is 0.165. The standard InChI is InChI=1S/C24H46N2O5Si3/c1-22(2,3)33(9,10)29-15-18-17(31-34(11,12)23(4,5)6)14-24(30-18)16-32(7,8)20-13-19(27)25-21(28)26(20)24/h13,17-18H,14-16H2,1-12H3,(H,25,27,28)/t17-,18+,24-/m0/s1. The van der Waals surface area contributed by atoms with Gasteiger partial charge in [-0.3, -0.25) is 14.3 Å². The fraction of sp³-hybridized carbons (Fsp3) is 0.833. The van der Waals surface area contributed by atoms with Crippen molar-refractivity contribution in [2.24, 2.45) is 0 Å². The maximum atomic E-state index is 13.1. The highest BCUT2D eigenvalue weighted by atomic mass is 28.4. The molecule has 0 aliphatic carbocycles. The van der Waals surface area contributed by atoms with Crippen LogP contribution in [0.3, 0.4) is 0 Å². The molecule has 2 aliphatic heterocycles. The van der Waals surface area contributed by atoms with Crippen molar-refractivity contribution < 1.29 is 13.6 Å². The van der Waals surface area contributed by atoms with E-state index in [1.165, 1.54) is 0 Å². The van der Waals surface area contributed by atoms with E-state index in [4.69, 9.17) is 13.6 Å². The van der Waals surface area contributed by atoms with Gasteiger partial charge in [0.2, 0.25) is 0 Å². The van der Waals surface area contributed by atoms with E-state index in [9.17, 15) is 9.59 Å². The third kappa shape index (κ3) is 4.90. The van der Waals surface area contributed by atoms with Gasteiger partial charge in [0.1, 0.15) is 19.9 Å². The third-order valence-corrected chi connectivity index (χ3v) is 20.9. The van der Waals surface area contributed by atoms with Crippen LogP contribution >= 0.6 is 0 Å². The number of aromatic nitrogens is 2. The van der Waals surface area contributed by atoms with Gasteiger partial charge in [0.05, 0.1) is 12.7 Å². The van der Waals surface area contributed by atoms with Crippen LogP contribution in [0.15, 0.2) is 15.7 Å². The minimum Gasteiger partial charge on any atom is -0.414 e. The zero-order valence-electron chi connectivity index (χ0n) is 23.3. The van der Waals surface area contributed by atoms with Gasteiger partial charge >= 0.3 is 5.69 Å². The van der Waals surface area contributed by atoms with Crippen LogP contribution in [0, 0.1) is 0 Å². The lowest BCUT2D eigenvalue weighted by Gasteiger charge is -2.40. The lowest BCUT2D eigenvalue weighted by atomic mass is 10.1. The Bertz CT molecular complexity index is 1050. The van der Waals surface area contributed by atoms with Crippen LogP contribution in [-0.4, -0.2) is 53.1 Å². The molecule has 34 heavy (non-hydrogen) atoms. The highest BCUT2D eigenvalue weighted by Gasteiger charge is 2.59. The maximum absolute atomic E-state index is 13.1. The largest absolute Gasteiger partial charge is 0.414 e. The van der Waals surface area contributed by atoms with Crippen molar-refractivity contribution >= 4 is 30.0 Å². The lowest BCUT2D eigenvalue weighted by molar-refractivity contribution is -0.100. The number of rotatable bonds is 5. The van der Waals surface area contributed by atoms with E-state index >= 15 is 0 Å². The van der Waals surface area contributed by atoms with E-state index < -0.39 is 30.4 Å². The van der Waals surface area contributed by atoms with Crippen molar-refractivity contribution in [1.29, 1.82) is 0 Å². The molecule has 0 amide bonds. The number of hydrogen-bond acceptors (Lipinski definition) is 5. The summed E-state index contributed by atoms with van der Waals surface area (Å²) in [5, 5.41) is 1.00. The second-order valence-electron chi connectivity index (χ2n) is 14.0. The van der Waals surface area contributed by atoms with E-state index in [2.05, 4.69) is 85.8 Å². The van der Waals surface area contributed by atoms with E-state index in [1.807, 2.05) is 0 Å². The summed E-state index contributed by atoms with van der Waals surface area (Å²) in [4.78, 5) is 27.7. The van der Waals surface area contributed by atoms with Gasteiger partial charge in [-0.15, -0.1) is 0 Å². The molecule has 0 saturated carbocycles. The number of H-pyrrole nitrogens is 1. The molecule has 1 aromatic rings. The molecule has 0 bridgehead atoms. The van der Waals surface area contributed by atoms with E-state index in [0.717, 1.165) is 11.4 Å². The molecule has 7 nitrogen and oxygen atoms in total. The second kappa shape index (κ2) is 8.37. The van der Waals surface area contributed by atoms with Crippen LogP contribution in [0.1, 0.15) is 48.0 Å². The Kier molecular flexibility index (Phi) is 6.85. The summed E-state index contributed by atoms with van der Waals surface area (Å²) in [6, 6.07) is 2.36. The zero-order chi connectivity index (χ0) is 26.1. The van der Waals surface area contributed by atoms with Crippen molar-refractivity contribution in [3.05, 3.63) is 26.9 Å². The minimum absolute atomic E-state index is 0.0528. The topological polar surface area (TPSA) is 82.6 Å². The summed E-state index contributed by atoms with van der Waals surface area (Å²) in [6.45, 7) is 27.3. The Morgan fingerprint density at radius 3 is 2.18 bits per heavy atom. The molecule has 3 heterocycles. The normalized spacial score (nSPS) is 27.4. The van der Waals surface area contributed by atoms with Crippen molar-refractivity contribution in [3.8, 4) is 0 Å². The van der Waals surface area contributed by atoms with Crippen molar-refractivity contribution in [1.82, 2.24) is 9.55 Å². The Balaban J connectivity index is 2.02. The molecule has 1 aromatic heterocycles. The molecule has 0 aromatic carbocycles. The van der Waals surface area contributed by atoms with Crippen LogP contribution in [0.2, 0.25) is 55.4 Å². The van der Waals surface area contributed by atoms with Gasteiger partial charge < -0.3 is 13.6 Å². The van der Waals surface area contributed by atoms with Gasteiger partial charge in [0, 0.05) is 17.8 Å². The van der Waals surface area contributed by atoms with E-state index in [1.54, 1.807) is 10.6 Å². The SMILES string of the molecule is CC(C)(C)[Si](C)(C)OC[C@H]1O[C@@]2(C[C@@H]1O[Si](C)(C)C(C)(C)C)C[Si](C)(C)c1cc(=O)[nH]c(=O)n12. The number of nitrogens with zero attached hydrogens (tertiary/aromatic N) is 1. The predicted octanol–water partition coefficient (Wildman–Crippen LogP) is 4.32. The summed E-state index contributed by atoms with van der Waals surface area (Å²) in [5.74, 6) is 0. The predicted molar refractivity (Wildman–Crippen MR) is 146 cm³/mol. The summed E-state index contributed by atoms with van der Waals surface area (Å²) >= 11 is 0. The highest BCUT2D eigenvalue weighted by Crippen LogP contribution is 2.48. The zero-order valence-corrected chi connectivity index (χ0v) is 26.3. The van der Waals surface area contributed by atoms with Gasteiger partial charge in [-0.05, 0) is 42.3 Å². The Morgan fingerprint density at radius 2 is 1.65 bits per heavy atom. The smallest absolute Gasteiger partial charge is 0.330 e. The van der Waals surface area contributed by atoms with Crippen LogP contribution < -0.4 is 16.6 Å². The first-order valence-electron chi connectivity index (χ1n) is 12.5. The second-order valence-corrected chi connectivity index (χ2v) is 28.2. The molecule has 194 valence electrons. The first-order valence-corrected chi connectivity index (χ1v) is 21.5. The average molecular weight is 527 g/mol. The fourth-order valence-corrected chi connectivity index (χ4v) is 10.4. The Hall–Kier alpha value is -0.789. The molecular formula is C24H46N2O5Si3. The molecule has 3 atom stereocenters. The van der Waals surface area contributed by atoms with Crippen LogP contribution in [-0.2, 0) is 19.3 Å². The average Bonchev–Trinajstić information content (AvgIpc) is 3.04. The van der Waals surface area contributed by atoms with Crippen molar-refractivity contribution in [2.45, 2.75) is 121 Å². The molecule has 1 spiro atoms. The number of aromatic amines is 1. The Labute approximate surface area is 207 Å². The van der Waals surface area contributed by atoms with Crippen molar-refractivity contribution in [2.75, 3.05) is 6.61 Å². The molecule has 1 saturated heterocycles. The summed E-state index contributed by atoms with van der Waals surface area (Å²) in [7, 11) is -6.16. The lowest BCUT2D eigenvalue weighted by Crippen LogP contribution is -2.49. The van der Waals surface area contributed by atoms with Crippen LogP contribution in [0.5, 0.6) is 0 Å². The van der Waals surface area contributed by atoms with E-state index in [-0.39, 0.29) is 33.5 Å². The van der Waals surface area contributed by atoms with Gasteiger partial charge in [0.15, 0.2) is 16.6 Å². The van der Waals surface area contributed by atoms with Gasteiger partial charge in [-0.2, -0.15) is 0 Å². The van der Waals surface area contributed by atoms with Crippen LogP contribution in [0.4, 0.5) is 0 Å². The van der Waals surface area contributed by atoms with Crippen molar-refractivity contribution in [3.63, 3.8) is 0 Å². The first-order chi connectivity index (χ1) is 15.1. The fourth-order valence-electron chi connectivity index (χ4n) is 4.69. The minimum atomic E-state index is -2.10. The highest BCUT2D eigenvalue weighted by molar-refractivity contribution is 6.90. The molecule has 1 fully saturated rings. The van der Waals surface area contributed by atoms with E-state index in [0.29, 0.717) is 13.0 Å². The molecule has 2 aliphatic rings. The number of hydrogen-bond donors (Lipinski definition) is 1. The number of nitrogens with one attached hydrogen (secondary N) is 1. The molecule has 1 N–H and O–H groups in total. The summed E-state index contributed by atoms with van der Waals surface area (Å²) < 4.78 is 22.1. The van der Waals surface area contributed by atoms with Gasteiger partial charge in [-0.1, -0.05) is 54.6 Å². The van der Waals surface area contributed by atoms with Gasteiger partial charge in [0.25, 0.3) is 5.56 Å². The molecule has 3 rings (SSSR count). The number of fused-ring (bicyclic) bond motifs is 2. The number of ether oxygens (including phenoxy) is 1.